The summed E-state index contributed by atoms with van der Waals surface area (Å²) in [6.45, 7) is 2.49. The molecule has 1 aliphatic heterocycles. The van der Waals surface area contributed by atoms with Crippen molar-refractivity contribution in [1.82, 2.24) is 15.6 Å². The summed E-state index contributed by atoms with van der Waals surface area (Å²) in [5.41, 5.74) is 0.494. The number of esters is 1. The van der Waals surface area contributed by atoms with E-state index in [-0.39, 0.29) is 24.8 Å². The van der Waals surface area contributed by atoms with E-state index in [0.29, 0.717) is 30.3 Å². The van der Waals surface area contributed by atoms with Gasteiger partial charge in [0.25, 0.3) is 5.91 Å². The first kappa shape index (κ1) is 19.8. The van der Waals surface area contributed by atoms with E-state index >= 15 is 0 Å². The second-order valence-corrected chi connectivity index (χ2v) is 6.57. The average Bonchev–Trinajstić information content (AvgIpc) is 3.24. The summed E-state index contributed by atoms with van der Waals surface area (Å²) in [4.78, 5) is 52.3. The Morgan fingerprint density at radius 1 is 1.31 bits per heavy atom. The monoisotopic (exact) mass is 382 g/mol. The zero-order chi connectivity index (χ0) is 18.9. The van der Waals surface area contributed by atoms with Crippen LogP contribution in [0.5, 0.6) is 0 Å². The molecular formula is C16H22N4O5S. The van der Waals surface area contributed by atoms with Crippen LogP contribution in [0.3, 0.4) is 0 Å². The molecule has 0 saturated carbocycles. The Morgan fingerprint density at radius 2 is 2.12 bits per heavy atom. The Labute approximate surface area is 155 Å². The fraction of sp³-hybridized carbons (Fsp3) is 0.562. The molecule has 2 heterocycles. The van der Waals surface area contributed by atoms with Gasteiger partial charge in [-0.05, 0) is 12.8 Å². The lowest BCUT2D eigenvalue weighted by atomic mass is 10.3. The molecule has 0 aromatic carbocycles. The van der Waals surface area contributed by atoms with Gasteiger partial charge in [-0.15, -0.1) is 11.3 Å². The number of carbonyl (C=O) groups is 4. The molecule has 0 spiro atoms. The highest BCUT2D eigenvalue weighted by molar-refractivity contribution is 7.14. The van der Waals surface area contributed by atoms with Gasteiger partial charge in [-0.2, -0.15) is 0 Å². The maximum absolute atomic E-state index is 11.8. The number of hydrogen-bond acceptors (Lipinski definition) is 7. The predicted molar refractivity (Wildman–Crippen MR) is 94.7 cm³/mol. The number of thiazole rings is 1. The van der Waals surface area contributed by atoms with E-state index in [1.54, 1.807) is 10.3 Å². The standard InChI is InChI=1S/C16H22N4O5S/c1-2-5-17-12(21)8-18-13(22)9-25-15(24)7-11-10-26-16(19-11)20-6-3-4-14(20)23/h10H,2-9H2,1H3,(H,17,21)(H,18,22). The fourth-order valence-corrected chi connectivity index (χ4v) is 3.12. The van der Waals surface area contributed by atoms with Crippen molar-refractivity contribution < 1.29 is 23.9 Å². The van der Waals surface area contributed by atoms with Crippen molar-refractivity contribution in [2.75, 3.05) is 31.1 Å². The number of aromatic nitrogens is 1. The second-order valence-electron chi connectivity index (χ2n) is 5.73. The molecule has 1 saturated heterocycles. The van der Waals surface area contributed by atoms with Crippen LogP contribution >= 0.6 is 11.3 Å². The molecule has 26 heavy (non-hydrogen) atoms. The summed E-state index contributed by atoms with van der Waals surface area (Å²) in [5, 5.41) is 7.26. The van der Waals surface area contributed by atoms with E-state index in [0.717, 1.165) is 12.8 Å². The van der Waals surface area contributed by atoms with Crippen LogP contribution in [0.25, 0.3) is 0 Å². The predicted octanol–water partition coefficient (Wildman–Crippen LogP) is -0.00200. The third-order valence-electron chi connectivity index (χ3n) is 3.55. The molecule has 1 aromatic heterocycles. The molecule has 3 amide bonds. The number of amides is 3. The van der Waals surface area contributed by atoms with Crippen LogP contribution < -0.4 is 15.5 Å². The lowest BCUT2D eigenvalue weighted by molar-refractivity contribution is -0.148. The van der Waals surface area contributed by atoms with Crippen LogP contribution in [-0.4, -0.2) is 54.9 Å². The van der Waals surface area contributed by atoms with Gasteiger partial charge in [0.1, 0.15) is 0 Å². The van der Waals surface area contributed by atoms with E-state index in [9.17, 15) is 19.2 Å². The number of nitrogens with zero attached hydrogens (tertiary/aromatic N) is 2. The molecule has 2 N–H and O–H groups in total. The first-order valence-corrected chi connectivity index (χ1v) is 9.31. The second kappa shape index (κ2) is 9.85. The number of rotatable bonds is 9. The van der Waals surface area contributed by atoms with Crippen molar-refractivity contribution in [3.05, 3.63) is 11.1 Å². The first-order chi connectivity index (χ1) is 12.5. The maximum atomic E-state index is 11.8. The molecular weight excluding hydrogens is 360 g/mol. The van der Waals surface area contributed by atoms with Gasteiger partial charge in [0.2, 0.25) is 11.8 Å². The fourth-order valence-electron chi connectivity index (χ4n) is 2.25. The smallest absolute Gasteiger partial charge is 0.312 e. The highest BCUT2D eigenvalue weighted by atomic mass is 32.1. The van der Waals surface area contributed by atoms with E-state index in [4.69, 9.17) is 4.74 Å². The third-order valence-corrected chi connectivity index (χ3v) is 4.46. The quantitative estimate of drug-likeness (QED) is 0.581. The van der Waals surface area contributed by atoms with Crippen LogP contribution in [0.4, 0.5) is 5.13 Å². The van der Waals surface area contributed by atoms with E-state index in [1.807, 2.05) is 6.92 Å². The van der Waals surface area contributed by atoms with Gasteiger partial charge < -0.3 is 15.4 Å². The Bertz CT molecular complexity index is 675. The van der Waals surface area contributed by atoms with Crippen LogP contribution in [0.2, 0.25) is 0 Å². The zero-order valence-corrected chi connectivity index (χ0v) is 15.4. The lowest BCUT2D eigenvalue weighted by Crippen LogP contribution is -2.39. The molecule has 0 atom stereocenters. The number of nitrogens with one attached hydrogen (secondary N) is 2. The summed E-state index contributed by atoms with van der Waals surface area (Å²) < 4.78 is 4.88. The van der Waals surface area contributed by atoms with E-state index in [1.165, 1.54) is 11.3 Å². The molecule has 0 aliphatic carbocycles. The molecule has 0 bridgehead atoms. The van der Waals surface area contributed by atoms with E-state index in [2.05, 4.69) is 15.6 Å². The van der Waals surface area contributed by atoms with Gasteiger partial charge in [-0.25, -0.2) is 4.98 Å². The van der Waals surface area contributed by atoms with Gasteiger partial charge in [0.15, 0.2) is 11.7 Å². The molecule has 9 nitrogen and oxygen atoms in total. The molecule has 1 aliphatic rings. The highest BCUT2D eigenvalue weighted by Gasteiger charge is 2.24. The van der Waals surface area contributed by atoms with Gasteiger partial charge in [0, 0.05) is 24.9 Å². The number of anilines is 1. The normalized spacial score (nSPS) is 13.6. The summed E-state index contributed by atoms with van der Waals surface area (Å²) >= 11 is 1.30. The Kier molecular flexibility index (Phi) is 7.52. The molecule has 2 rings (SSSR count). The highest BCUT2D eigenvalue weighted by Crippen LogP contribution is 2.25. The molecule has 0 radical (unpaired) electrons. The minimum absolute atomic E-state index is 0.0353. The summed E-state index contributed by atoms with van der Waals surface area (Å²) in [5.74, 6) is -1.40. The Balaban J connectivity index is 1.68. The minimum Gasteiger partial charge on any atom is -0.455 e. The van der Waals surface area contributed by atoms with Crippen LogP contribution in [0, 0.1) is 0 Å². The number of ether oxygens (including phenoxy) is 1. The topological polar surface area (TPSA) is 118 Å². The van der Waals surface area contributed by atoms with Crippen LogP contribution in [0.15, 0.2) is 5.38 Å². The van der Waals surface area contributed by atoms with Crippen molar-refractivity contribution in [1.29, 1.82) is 0 Å². The summed E-state index contributed by atoms with van der Waals surface area (Å²) in [6.07, 6.45) is 2.05. The largest absolute Gasteiger partial charge is 0.455 e. The summed E-state index contributed by atoms with van der Waals surface area (Å²) in [7, 11) is 0. The first-order valence-electron chi connectivity index (χ1n) is 8.43. The maximum Gasteiger partial charge on any atom is 0.312 e. The van der Waals surface area contributed by atoms with Crippen LogP contribution in [0.1, 0.15) is 31.9 Å². The van der Waals surface area contributed by atoms with Gasteiger partial charge in [-0.1, -0.05) is 6.92 Å². The lowest BCUT2D eigenvalue weighted by Gasteiger charge is -2.10. The van der Waals surface area contributed by atoms with Gasteiger partial charge >= 0.3 is 5.97 Å². The van der Waals surface area contributed by atoms with Crippen LogP contribution in [-0.2, 0) is 30.3 Å². The molecule has 1 fully saturated rings. The summed E-state index contributed by atoms with van der Waals surface area (Å²) in [6, 6.07) is 0. The SMILES string of the molecule is CCCNC(=O)CNC(=O)COC(=O)Cc1csc(N2CCCC2=O)n1. The minimum atomic E-state index is -0.597. The Hall–Kier alpha value is -2.49. The Morgan fingerprint density at radius 3 is 2.81 bits per heavy atom. The van der Waals surface area contributed by atoms with Crippen molar-refractivity contribution >= 4 is 40.2 Å². The van der Waals surface area contributed by atoms with Gasteiger partial charge in [0.05, 0.1) is 18.7 Å². The zero-order valence-electron chi connectivity index (χ0n) is 14.6. The number of carbonyl (C=O) groups excluding carboxylic acids is 4. The molecule has 142 valence electrons. The van der Waals surface area contributed by atoms with Crippen molar-refractivity contribution in [3.63, 3.8) is 0 Å². The van der Waals surface area contributed by atoms with Crippen molar-refractivity contribution in [3.8, 4) is 0 Å². The van der Waals surface area contributed by atoms with Gasteiger partial charge in [-0.3, -0.25) is 24.1 Å². The van der Waals surface area contributed by atoms with E-state index < -0.39 is 18.5 Å². The van der Waals surface area contributed by atoms with Crippen molar-refractivity contribution in [2.45, 2.75) is 32.6 Å². The molecule has 0 unspecified atom stereocenters. The average molecular weight is 382 g/mol. The third kappa shape index (κ3) is 6.10. The molecule has 1 aromatic rings. The molecule has 10 heteroatoms. The number of hydrogen-bond donors (Lipinski definition) is 2. The van der Waals surface area contributed by atoms with Crippen molar-refractivity contribution in [2.24, 2.45) is 0 Å².